The van der Waals surface area contributed by atoms with Gasteiger partial charge in [-0.05, 0) is 30.9 Å². The molecule has 0 aromatic heterocycles. The van der Waals surface area contributed by atoms with Gasteiger partial charge in [0, 0.05) is 13.2 Å². The lowest BCUT2D eigenvalue weighted by Gasteiger charge is -2.36. The average molecular weight is 321 g/mol. The van der Waals surface area contributed by atoms with Crippen molar-refractivity contribution >= 4 is 11.9 Å². The minimum atomic E-state index is -0.926. The van der Waals surface area contributed by atoms with Crippen LogP contribution < -0.4 is 10.1 Å². The van der Waals surface area contributed by atoms with Crippen LogP contribution in [-0.2, 0) is 20.7 Å². The molecule has 0 aliphatic carbocycles. The van der Waals surface area contributed by atoms with Gasteiger partial charge in [0.05, 0.1) is 12.0 Å². The van der Waals surface area contributed by atoms with E-state index in [1.165, 1.54) is 0 Å². The molecule has 0 unspecified atom stereocenters. The summed E-state index contributed by atoms with van der Waals surface area (Å²) in [5.41, 5.74) is 0.293. The summed E-state index contributed by atoms with van der Waals surface area (Å²) in [4.78, 5) is 23.3. The van der Waals surface area contributed by atoms with E-state index in [2.05, 4.69) is 5.32 Å². The molecule has 1 aromatic rings. The number of aryl methyl sites for hydroxylation is 1. The molecule has 126 valence electrons. The molecule has 0 radical (unpaired) electrons. The number of hydrogen-bond donors (Lipinski definition) is 2. The Kier molecular flexibility index (Phi) is 5.98. The van der Waals surface area contributed by atoms with Crippen LogP contribution in [0.5, 0.6) is 5.75 Å². The Morgan fingerprint density at radius 3 is 2.65 bits per heavy atom. The van der Waals surface area contributed by atoms with Gasteiger partial charge in [-0.1, -0.05) is 25.1 Å². The van der Waals surface area contributed by atoms with Crippen LogP contribution in [0.3, 0.4) is 0 Å². The van der Waals surface area contributed by atoms with Gasteiger partial charge in [-0.25, -0.2) is 0 Å². The Hall–Kier alpha value is -2.08. The summed E-state index contributed by atoms with van der Waals surface area (Å²) in [6, 6.07) is 7.57. The molecular formula is C17H23NO5. The number of benzene rings is 1. The third kappa shape index (κ3) is 4.96. The summed E-state index contributed by atoms with van der Waals surface area (Å²) in [6.07, 6.45) is 1.71. The Balaban J connectivity index is 1.95. The Morgan fingerprint density at radius 1 is 1.30 bits per heavy atom. The fourth-order valence-corrected chi connectivity index (χ4v) is 2.81. The number of hydrogen-bond acceptors (Lipinski definition) is 4. The molecule has 1 aromatic carbocycles. The zero-order valence-electron chi connectivity index (χ0n) is 13.3. The van der Waals surface area contributed by atoms with Crippen LogP contribution >= 0.6 is 0 Å². The lowest BCUT2D eigenvalue weighted by Crippen LogP contribution is -2.54. The van der Waals surface area contributed by atoms with Crippen molar-refractivity contribution in [2.75, 3.05) is 19.8 Å². The fourth-order valence-electron chi connectivity index (χ4n) is 2.81. The highest BCUT2D eigenvalue weighted by atomic mass is 16.5. The molecule has 1 saturated heterocycles. The predicted octanol–water partition coefficient (Wildman–Crippen LogP) is 1.77. The summed E-state index contributed by atoms with van der Waals surface area (Å²) < 4.78 is 10.9. The number of rotatable bonds is 7. The fraction of sp³-hybridized carbons (Fsp3) is 0.529. The van der Waals surface area contributed by atoms with Crippen molar-refractivity contribution in [3.63, 3.8) is 0 Å². The molecule has 6 heteroatoms. The summed E-state index contributed by atoms with van der Waals surface area (Å²) in [6.45, 7) is 2.80. The Labute approximate surface area is 135 Å². The highest BCUT2D eigenvalue weighted by Crippen LogP contribution is 2.25. The van der Waals surface area contributed by atoms with Gasteiger partial charge in [0.1, 0.15) is 5.75 Å². The molecule has 6 nitrogen and oxygen atoms in total. The first-order valence-corrected chi connectivity index (χ1v) is 7.86. The van der Waals surface area contributed by atoms with E-state index in [1.807, 2.05) is 31.2 Å². The third-order valence-corrected chi connectivity index (χ3v) is 4.06. The normalized spacial score (nSPS) is 16.6. The van der Waals surface area contributed by atoms with E-state index in [9.17, 15) is 9.59 Å². The molecule has 0 saturated carbocycles. The number of carboxylic acid groups (broad SMARTS) is 1. The summed E-state index contributed by atoms with van der Waals surface area (Å²) in [5.74, 6) is -0.548. The van der Waals surface area contributed by atoms with Gasteiger partial charge in [-0.15, -0.1) is 0 Å². The smallest absolute Gasteiger partial charge is 0.305 e. The number of ether oxygens (including phenoxy) is 2. The second-order valence-corrected chi connectivity index (χ2v) is 5.76. The SMILES string of the molecule is CCc1ccccc1OCC(=O)NC1(CC(=O)O)CCOCC1. The highest BCUT2D eigenvalue weighted by Gasteiger charge is 2.36. The lowest BCUT2D eigenvalue weighted by atomic mass is 9.86. The van der Waals surface area contributed by atoms with E-state index in [4.69, 9.17) is 14.6 Å². The highest BCUT2D eigenvalue weighted by molar-refractivity contribution is 5.79. The molecule has 0 bridgehead atoms. The molecule has 23 heavy (non-hydrogen) atoms. The van der Waals surface area contributed by atoms with Crippen LogP contribution in [0.2, 0.25) is 0 Å². The van der Waals surface area contributed by atoms with Crippen molar-refractivity contribution in [3.05, 3.63) is 29.8 Å². The molecule has 1 amide bonds. The van der Waals surface area contributed by atoms with Gasteiger partial charge in [-0.2, -0.15) is 0 Å². The maximum atomic E-state index is 12.2. The minimum absolute atomic E-state index is 0.104. The molecule has 0 atom stereocenters. The monoisotopic (exact) mass is 321 g/mol. The molecule has 0 spiro atoms. The van der Waals surface area contributed by atoms with E-state index in [0.717, 1.165) is 12.0 Å². The zero-order chi connectivity index (χ0) is 16.7. The molecule has 1 fully saturated rings. The molecule has 1 aliphatic rings. The maximum Gasteiger partial charge on any atom is 0.305 e. The van der Waals surface area contributed by atoms with E-state index in [-0.39, 0.29) is 18.9 Å². The summed E-state index contributed by atoms with van der Waals surface area (Å²) in [7, 11) is 0. The van der Waals surface area contributed by atoms with Crippen molar-refractivity contribution in [3.8, 4) is 5.75 Å². The van der Waals surface area contributed by atoms with Crippen LogP contribution in [0.15, 0.2) is 24.3 Å². The van der Waals surface area contributed by atoms with Crippen LogP contribution in [0, 0.1) is 0 Å². The van der Waals surface area contributed by atoms with E-state index >= 15 is 0 Å². The van der Waals surface area contributed by atoms with Crippen molar-refractivity contribution in [1.29, 1.82) is 0 Å². The van der Waals surface area contributed by atoms with Crippen LogP contribution in [0.25, 0.3) is 0 Å². The number of nitrogens with one attached hydrogen (secondary N) is 1. The number of aliphatic carboxylic acids is 1. The molecule has 1 aliphatic heterocycles. The van der Waals surface area contributed by atoms with Crippen LogP contribution in [0.1, 0.15) is 31.7 Å². The van der Waals surface area contributed by atoms with Gasteiger partial charge in [0.15, 0.2) is 6.61 Å². The Bertz CT molecular complexity index is 552. The molecule has 1 heterocycles. The van der Waals surface area contributed by atoms with Crippen molar-refractivity contribution < 1.29 is 24.2 Å². The quantitative estimate of drug-likeness (QED) is 0.799. The number of para-hydroxylation sites is 1. The first-order chi connectivity index (χ1) is 11.0. The van der Waals surface area contributed by atoms with Gasteiger partial charge in [-0.3, -0.25) is 9.59 Å². The van der Waals surface area contributed by atoms with Crippen LogP contribution in [-0.4, -0.2) is 42.3 Å². The minimum Gasteiger partial charge on any atom is -0.483 e. The van der Waals surface area contributed by atoms with Crippen molar-refractivity contribution in [2.24, 2.45) is 0 Å². The second kappa shape index (κ2) is 7.97. The first-order valence-electron chi connectivity index (χ1n) is 7.86. The number of carboxylic acids is 1. The van der Waals surface area contributed by atoms with Crippen LogP contribution in [0.4, 0.5) is 0 Å². The van der Waals surface area contributed by atoms with Gasteiger partial charge in [0.25, 0.3) is 5.91 Å². The first kappa shape index (κ1) is 17.3. The van der Waals surface area contributed by atoms with Gasteiger partial charge in [0.2, 0.25) is 0 Å². The van der Waals surface area contributed by atoms with Gasteiger partial charge < -0.3 is 19.9 Å². The topological polar surface area (TPSA) is 84.9 Å². The lowest BCUT2D eigenvalue weighted by molar-refractivity contribution is -0.140. The predicted molar refractivity (Wildman–Crippen MR) is 84.5 cm³/mol. The summed E-state index contributed by atoms with van der Waals surface area (Å²) >= 11 is 0. The largest absolute Gasteiger partial charge is 0.483 e. The van der Waals surface area contributed by atoms with Crippen molar-refractivity contribution in [1.82, 2.24) is 5.32 Å². The number of carbonyl (C=O) groups is 2. The van der Waals surface area contributed by atoms with Gasteiger partial charge >= 0.3 is 5.97 Å². The van der Waals surface area contributed by atoms with E-state index in [1.54, 1.807) is 0 Å². The molecule has 2 rings (SSSR count). The zero-order valence-corrected chi connectivity index (χ0v) is 13.3. The number of carbonyl (C=O) groups excluding carboxylic acids is 1. The average Bonchev–Trinajstić information content (AvgIpc) is 2.53. The van der Waals surface area contributed by atoms with Crippen molar-refractivity contribution in [2.45, 2.75) is 38.1 Å². The second-order valence-electron chi connectivity index (χ2n) is 5.76. The third-order valence-electron chi connectivity index (χ3n) is 4.06. The standard InChI is InChI=1S/C17H23NO5/c1-2-13-5-3-4-6-14(13)23-12-15(19)18-17(11-16(20)21)7-9-22-10-8-17/h3-6H,2,7-12H2,1H3,(H,18,19)(H,20,21). The van der Waals surface area contributed by atoms with E-state index < -0.39 is 11.5 Å². The molecule has 2 N–H and O–H groups in total. The summed E-state index contributed by atoms with van der Waals surface area (Å²) in [5, 5.41) is 11.9. The Morgan fingerprint density at radius 2 is 2.00 bits per heavy atom. The molecular weight excluding hydrogens is 298 g/mol. The van der Waals surface area contributed by atoms with E-state index in [0.29, 0.717) is 31.8 Å². The number of amides is 1. The maximum absolute atomic E-state index is 12.2.